The summed E-state index contributed by atoms with van der Waals surface area (Å²) in [7, 11) is -0.202. The van der Waals surface area contributed by atoms with Crippen LogP contribution in [0.25, 0.3) is 10.6 Å². The number of piperazine rings is 1. The highest BCUT2D eigenvalue weighted by Crippen LogP contribution is 2.29. The zero-order chi connectivity index (χ0) is 23.6. The largest absolute Gasteiger partial charge is 0.497 e. The number of sulfonamides is 1. The number of carbonyl (C=O) groups is 1. The maximum absolute atomic E-state index is 13.0. The zero-order valence-corrected chi connectivity index (χ0v) is 20.4. The molecule has 33 heavy (non-hydrogen) atoms. The molecule has 0 spiro atoms. The SMILES string of the molecule is COc1ccc(-c2nnc(NC(=O)c3cc(S(=O)(=O)N4CCN(C)CC4)ccc3Cl)s2)cc1. The topological polar surface area (TPSA) is 105 Å². The molecule has 3 aromatic rings. The fourth-order valence-corrected chi connectivity index (χ4v) is 5.70. The Morgan fingerprint density at radius 3 is 2.45 bits per heavy atom. The number of anilines is 1. The van der Waals surface area contributed by atoms with Crippen LogP contribution in [0.1, 0.15) is 10.4 Å². The summed E-state index contributed by atoms with van der Waals surface area (Å²) in [5, 5.41) is 11.8. The molecule has 1 aliphatic rings. The Morgan fingerprint density at radius 2 is 1.79 bits per heavy atom. The molecule has 1 aromatic heterocycles. The molecule has 1 saturated heterocycles. The van der Waals surface area contributed by atoms with Crippen molar-refractivity contribution in [3.63, 3.8) is 0 Å². The van der Waals surface area contributed by atoms with Gasteiger partial charge in [-0.1, -0.05) is 22.9 Å². The van der Waals surface area contributed by atoms with Crippen molar-refractivity contribution in [1.82, 2.24) is 19.4 Å². The summed E-state index contributed by atoms with van der Waals surface area (Å²) in [5.41, 5.74) is 0.875. The van der Waals surface area contributed by atoms with Crippen LogP contribution in [0.4, 0.5) is 5.13 Å². The number of rotatable bonds is 6. The summed E-state index contributed by atoms with van der Waals surface area (Å²) in [6.07, 6.45) is 0. The van der Waals surface area contributed by atoms with Gasteiger partial charge >= 0.3 is 0 Å². The second-order valence-electron chi connectivity index (χ2n) is 7.44. The Labute approximate surface area is 201 Å². The van der Waals surface area contributed by atoms with E-state index in [0.29, 0.717) is 31.2 Å². The van der Waals surface area contributed by atoms with Gasteiger partial charge in [0.05, 0.1) is 22.6 Å². The van der Waals surface area contributed by atoms with E-state index in [1.807, 2.05) is 19.2 Å². The number of ether oxygens (including phenoxy) is 1. The summed E-state index contributed by atoms with van der Waals surface area (Å²) in [5.74, 6) is 0.158. The number of halogens is 1. The van der Waals surface area contributed by atoms with Crippen molar-refractivity contribution in [2.75, 3.05) is 45.7 Å². The first-order valence-electron chi connectivity index (χ1n) is 10.1. The van der Waals surface area contributed by atoms with E-state index in [4.69, 9.17) is 16.3 Å². The number of nitrogens with one attached hydrogen (secondary N) is 1. The Kier molecular flexibility index (Phi) is 6.96. The maximum atomic E-state index is 13.0. The smallest absolute Gasteiger partial charge is 0.259 e. The van der Waals surface area contributed by atoms with Crippen molar-refractivity contribution in [1.29, 1.82) is 0 Å². The molecule has 0 aliphatic carbocycles. The Hall–Kier alpha value is -2.57. The molecule has 1 aliphatic heterocycles. The number of nitrogens with zero attached hydrogens (tertiary/aromatic N) is 4. The molecule has 174 valence electrons. The molecule has 1 N–H and O–H groups in total. The van der Waals surface area contributed by atoms with E-state index >= 15 is 0 Å². The van der Waals surface area contributed by atoms with Crippen LogP contribution < -0.4 is 10.1 Å². The minimum atomic E-state index is -3.74. The molecule has 1 amide bonds. The van der Waals surface area contributed by atoms with Crippen molar-refractivity contribution in [2.45, 2.75) is 4.90 Å². The Morgan fingerprint density at radius 1 is 1.09 bits per heavy atom. The highest BCUT2D eigenvalue weighted by Gasteiger charge is 2.28. The lowest BCUT2D eigenvalue weighted by Crippen LogP contribution is -2.47. The van der Waals surface area contributed by atoms with Gasteiger partial charge in [-0.05, 0) is 49.5 Å². The lowest BCUT2D eigenvalue weighted by Gasteiger charge is -2.31. The van der Waals surface area contributed by atoms with Gasteiger partial charge in [0.25, 0.3) is 5.91 Å². The third kappa shape index (κ3) is 5.17. The highest BCUT2D eigenvalue weighted by molar-refractivity contribution is 7.89. The second-order valence-corrected chi connectivity index (χ2v) is 10.8. The van der Waals surface area contributed by atoms with E-state index in [9.17, 15) is 13.2 Å². The van der Waals surface area contributed by atoms with E-state index in [1.165, 1.54) is 33.8 Å². The lowest BCUT2D eigenvalue weighted by molar-refractivity contribution is 0.102. The van der Waals surface area contributed by atoms with Crippen LogP contribution in [-0.2, 0) is 10.0 Å². The van der Waals surface area contributed by atoms with Gasteiger partial charge in [0.2, 0.25) is 15.2 Å². The first kappa shape index (κ1) is 23.6. The molecule has 0 saturated carbocycles. The van der Waals surface area contributed by atoms with Gasteiger partial charge in [0.1, 0.15) is 10.8 Å². The number of benzene rings is 2. The normalized spacial score (nSPS) is 15.4. The molecular formula is C21H22ClN5O4S2. The van der Waals surface area contributed by atoms with E-state index in [2.05, 4.69) is 20.4 Å². The van der Waals surface area contributed by atoms with E-state index < -0.39 is 15.9 Å². The van der Waals surface area contributed by atoms with Gasteiger partial charge in [-0.2, -0.15) is 4.31 Å². The summed E-state index contributed by atoms with van der Waals surface area (Å²) >= 11 is 7.41. The zero-order valence-electron chi connectivity index (χ0n) is 18.0. The summed E-state index contributed by atoms with van der Waals surface area (Å²) in [6, 6.07) is 11.4. The van der Waals surface area contributed by atoms with Crippen LogP contribution in [0.5, 0.6) is 5.75 Å². The van der Waals surface area contributed by atoms with Crippen LogP contribution in [0.15, 0.2) is 47.4 Å². The first-order chi connectivity index (χ1) is 15.8. The fourth-order valence-electron chi connectivity index (χ4n) is 3.30. The average Bonchev–Trinajstić information content (AvgIpc) is 3.28. The number of methoxy groups -OCH3 is 1. The van der Waals surface area contributed by atoms with Crippen LogP contribution in [0.3, 0.4) is 0 Å². The standard InChI is InChI=1S/C21H22ClN5O4S2/c1-26-9-11-27(12-10-26)33(29,30)16-7-8-18(22)17(13-16)19(28)23-21-25-24-20(32-21)14-3-5-15(31-2)6-4-14/h3-8,13H,9-12H2,1-2H3,(H,23,25,28). The number of carbonyl (C=O) groups excluding carboxylic acids is 1. The van der Waals surface area contributed by atoms with Crippen molar-refractivity contribution in [2.24, 2.45) is 0 Å². The quantitative estimate of drug-likeness (QED) is 0.546. The maximum Gasteiger partial charge on any atom is 0.259 e. The third-order valence-electron chi connectivity index (χ3n) is 5.26. The number of amides is 1. The van der Waals surface area contributed by atoms with Crippen LogP contribution in [0, 0.1) is 0 Å². The number of likely N-dealkylation sites (N-methyl/N-ethyl adjacent to an activating group) is 1. The van der Waals surface area contributed by atoms with Gasteiger partial charge in [-0.25, -0.2) is 8.42 Å². The van der Waals surface area contributed by atoms with E-state index in [1.54, 1.807) is 19.2 Å². The van der Waals surface area contributed by atoms with Gasteiger partial charge in [0, 0.05) is 31.7 Å². The van der Waals surface area contributed by atoms with E-state index in [-0.39, 0.29) is 20.6 Å². The average molecular weight is 508 g/mol. The number of hydrogen-bond acceptors (Lipinski definition) is 8. The van der Waals surface area contributed by atoms with Crippen LogP contribution in [-0.4, -0.2) is 74.1 Å². The summed E-state index contributed by atoms with van der Waals surface area (Å²) < 4.78 is 32.7. The Bertz CT molecular complexity index is 1260. The predicted octanol–water partition coefficient (Wildman–Crippen LogP) is 3.06. The van der Waals surface area contributed by atoms with Crippen LogP contribution in [0.2, 0.25) is 5.02 Å². The molecule has 2 aromatic carbocycles. The van der Waals surface area contributed by atoms with Crippen LogP contribution >= 0.6 is 22.9 Å². The van der Waals surface area contributed by atoms with Gasteiger partial charge in [-0.15, -0.1) is 10.2 Å². The molecule has 0 bridgehead atoms. The van der Waals surface area contributed by atoms with Crippen molar-refractivity contribution in [3.8, 4) is 16.3 Å². The molecule has 9 nitrogen and oxygen atoms in total. The molecule has 0 atom stereocenters. The van der Waals surface area contributed by atoms with Gasteiger partial charge in [-0.3, -0.25) is 10.1 Å². The fraction of sp³-hybridized carbons (Fsp3) is 0.286. The summed E-state index contributed by atoms with van der Waals surface area (Å²) in [6.45, 7) is 2.07. The number of hydrogen-bond donors (Lipinski definition) is 1. The summed E-state index contributed by atoms with van der Waals surface area (Å²) in [4.78, 5) is 15.0. The number of aromatic nitrogens is 2. The van der Waals surface area contributed by atoms with Gasteiger partial charge in [0.15, 0.2) is 0 Å². The lowest BCUT2D eigenvalue weighted by atomic mass is 10.2. The molecular weight excluding hydrogens is 486 g/mol. The highest BCUT2D eigenvalue weighted by atomic mass is 35.5. The second kappa shape index (κ2) is 9.74. The minimum Gasteiger partial charge on any atom is -0.497 e. The van der Waals surface area contributed by atoms with E-state index in [0.717, 1.165) is 11.3 Å². The molecule has 1 fully saturated rings. The predicted molar refractivity (Wildman–Crippen MR) is 128 cm³/mol. The molecule has 0 unspecified atom stereocenters. The van der Waals surface area contributed by atoms with Gasteiger partial charge < -0.3 is 9.64 Å². The monoisotopic (exact) mass is 507 g/mol. The van der Waals surface area contributed by atoms with Crippen molar-refractivity contribution in [3.05, 3.63) is 53.1 Å². The molecule has 2 heterocycles. The third-order valence-corrected chi connectivity index (χ3v) is 8.38. The Balaban J connectivity index is 1.52. The van der Waals surface area contributed by atoms with Crippen molar-refractivity contribution < 1.29 is 17.9 Å². The minimum absolute atomic E-state index is 0.0257. The molecule has 4 rings (SSSR count). The first-order valence-corrected chi connectivity index (χ1v) is 12.7. The molecule has 0 radical (unpaired) electrons. The van der Waals surface area contributed by atoms with Crippen molar-refractivity contribution >= 4 is 44.0 Å². The molecule has 12 heteroatoms.